The van der Waals surface area contributed by atoms with Crippen molar-refractivity contribution in [2.45, 2.75) is 6.42 Å². The van der Waals surface area contributed by atoms with Crippen LogP contribution in [0.2, 0.25) is 0 Å². The van der Waals surface area contributed by atoms with Gasteiger partial charge in [-0.25, -0.2) is 9.37 Å². The summed E-state index contributed by atoms with van der Waals surface area (Å²) in [7, 11) is 0. The van der Waals surface area contributed by atoms with Gasteiger partial charge in [0, 0.05) is 10.9 Å². The summed E-state index contributed by atoms with van der Waals surface area (Å²) in [6, 6.07) is 6.80. The second-order valence-corrected chi connectivity index (χ2v) is 4.82. The lowest BCUT2D eigenvalue weighted by Gasteiger charge is -1.98. The van der Waals surface area contributed by atoms with Crippen molar-refractivity contribution in [1.29, 1.82) is 5.26 Å². The predicted octanol–water partition coefficient (Wildman–Crippen LogP) is 3.78. The molecule has 5 heteroatoms. The molecule has 16 heavy (non-hydrogen) atoms. The van der Waals surface area contributed by atoms with Gasteiger partial charge in [-0.2, -0.15) is 5.26 Å². The molecule has 1 aromatic heterocycles. The fourth-order valence-electron chi connectivity index (χ4n) is 1.23. The number of benzene rings is 1. The maximum Gasteiger partial charge on any atom is 0.137 e. The molecule has 0 saturated heterocycles. The number of hydrogen-bond acceptors (Lipinski definition) is 3. The first-order valence-corrected chi connectivity index (χ1v) is 6.15. The summed E-state index contributed by atoms with van der Waals surface area (Å²) in [5, 5.41) is 11.2. The van der Waals surface area contributed by atoms with Crippen LogP contribution in [0.1, 0.15) is 5.69 Å². The molecule has 1 aromatic carbocycles. The molecule has 1 heterocycles. The third-order valence-electron chi connectivity index (χ3n) is 1.98. The maximum absolute atomic E-state index is 13.0. The van der Waals surface area contributed by atoms with Crippen molar-refractivity contribution in [1.82, 2.24) is 4.98 Å². The molecule has 80 valence electrons. The van der Waals surface area contributed by atoms with Crippen molar-refractivity contribution in [2.24, 2.45) is 0 Å². The second kappa shape index (κ2) is 4.73. The topological polar surface area (TPSA) is 36.7 Å². The minimum atomic E-state index is -0.294. The van der Waals surface area contributed by atoms with Gasteiger partial charge in [-0.1, -0.05) is 0 Å². The van der Waals surface area contributed by atoms with E-state index in [1.807, 2.05) is 11.4 Å². The highest BCUT2D eigenvalue weighted by molar-refractivity contribution is 9.10. The molecular formula is C11H6BrFN2S. The van der Waals surface area contributed by atoms with E-state index in [1.165, 1.54) is 17.4 Å². The SMILES string of the molecule is N#CCc1csc(-c2ccc(F)c(Br)c2)n1. The first-order chi connectivity index (χ1) is 7.70. The van der Waals surface area contributed by atoms with Gasteiger partial charge in [-0.3, -0.25) is 0 Å². The molecule has 0 radical (unpaired) electrons. The highest BCUT2D eigenvalue weighted by atomic mass is 79.9. The molecule has 2 rings (SSSR count). The van der Waals surface area contributed by atoms with E-state index in [1.54, 1.807) is 12.1 Å². The third kappa shape index (κ3) is 2.29. The molecule has 0 aliphatic heterocycles. The summed E-state index contributed by atoms with van der Waals surface area (Å²) in [6.45, 7) is 0. The van der Waals surface area contributed by atoms with Gasteiger partial charge in [0.1, 0.15) is 10.8 Å². The maximum atomic E-state index is 13.0. The van der Waals surface area contributed by atoms with Crippen LogP contribution < -0.4 is 0 Å². The van der Waals surface area contributed by atoms with Crippen LogP contribution in [0.3, 0.4) is 0 Å². The highest BCUT2D eigenvalue weighted by Crippen LogP contribution is 2.27. The Morgan fingerprint density at radius 3 is 3.00 bits per heavy atom. The van der Waals surface area contributed by atoms with Gasteiger partial charge in [0.25, 0.3) is 0 Å². The first kappa shape index (κ1) is 11.2. The molecule has 0 aliphatic rings. The molecule has 0 bridgehead atoms. The number of thiazole rings is 1. The van der Waals surface area contributed by atoms with E-state index in [-0.39, 0.29) is 5.82 Å². The third-order valence-corrected chi connectivity index (χ3v) is 3.53. The van der Waals surface area contributed by atoms with Crippen LogP contribution in [0.25, 0.3) is 10.6 Å². The van der Waals surface area contributed by atoms with Crippen molar-refractivity contribution < 1.29 is 4.39 Å². The Kier molecular flexibility index (Phi) is 3.32. The van der Waals surface area contributed by atoms with Crippen molar-refractivity contribution in [2.75, 3.05) is 0 Å². The molecule has 0 unspecified atom stereocenters. The molecule has 0 amide bonds. The van der Waals surface area contributed by atoms with Gasteiger partial charge >= 0.3 is 0 Å². The predicted molar refractivity (Wildman–Crippen MR) is 64.5 cm³/mol. The van der Waals surface area contributed by atoms with Gasteiger partial charge in [-0.15, -0.1) is 11.3 Å². The minimum absolute atomic E-state index is 0.294. The van der Waals surface area contributed by atoms with Crippen molar-refractivity contribution in [3.63, 3.8) is 0 Å². The normalized spacial score (nSPS) is 10.1. The Morgan fingerprint density at radius 2 is 2.31 bits per heavy atom. The molecule has 0 fully saturated rings. The van der Waals surface area contributed by atoms with Crippen molar-refractivity contribution >= 4 is 27.3 Å². The number of rotatable bonds is 2. The van der Waals surface area contributed by atoms with Crippen LogP contribution in [-0.2, 0) is 6.42 Å². The molecule has 0 aliphatic carbocycles. The molecule has 2 nitrogen and oxygen atoms in total. The Bertz CT molecular complexity index is 559. The van der Waals surface area contributed by atoms with Crippen LogP contribution in [0.15, 0.2) is 28.1 Å². The van der Waals surface area contributed by atoms with Gasteiger partial charge in [0.05, 0.1) is 22.7 Å². The Morgan fingerprint density at radius 1 is 1.50 bits per heavy atom. The summed E-state index contributed by atoms with van der Waals surface area (Å²) >= 11 is 4.58. The molecule has 0 saturated carbocycles. The zero-order valence-corrected chi connectivity index (χ0v) is 10.5. The lowest BCUT2D eigenvalue weighted by Crippen LogP contribution is -1.83. The standard InChI is InChI=1S/C11H6BrFN2S/c12-9-5-7(1-2-10(9)13)11-15-8(3-4-14)6-16-11/h1-2,5-6H,3H2. The average Bonchev–Trinajstić information content (AvgIpc) is 2.71. The van der Waals surface area contributed by atoms with Crippen LogP contribution in [0.5, 0.6) is 0 Å². The van der Waals surface area contributed by atoms with Crippen LogP contribution in [0.4, 0.5) is 4.39 Å². The number of hydrogen-bond donors (Lipinski definition) is 0. The van der Waals surface area contributed by atoms with E-state index in [9.17, 15) is 4.39 Å². The number of nitriles is 1. The van der Waals surface area contributed by atoms with Gasteiger partial charge in [0.15, 0.2) is 0 Å². The zero-order chi connectivity index (χ0) is 11.5. The zero-order valence-electron chi connectivity index (χ0n) is 8.08. The number of halogens is 2. The lowest BCUT2D eigenvalue weighted by molar-refractivity contribution is 0.621. The fourth-order valence-corrected chi connectivity index (χ4v) is 2.43. The van der Waals surface area contributed by atoms with E-state index < -0.39 is 0 Å². The fraction of sp³-hybridized carbons (Fsp3) is 0.0909. The summed E-state index contributed by atoms with van der Waals surface area (Å²) in [4.78, 5) is 4.29. The van der Waals surface area contributed by atoms with E-state index in [0.29, 0.717) is 10.9 Å². The van der Waals surface area contributed by atoms with E-state index in [2.05, 4.69) is 20.9 Å². The minimum Gasteiger partial charge on any atom is -0.240 e. The molecular weight excluding hydrogens is 291 g/mol. The van der Waals surface area contributed by atoms with Crippen molar-refractivity contribution in [3.05, 3.63) is 39.6 Å². The molecule has 0 spiro atoms. The Hall–Kier alpha value is -1.25. The lowest BCUT2D eigenvalue weighted by atomic mass is 10.2. The van der Waals surface area contributed by atoms with Gasteiger partial charge in [-0.05, 0) is 34.1 Å². The number of aromatic nitrogens is 1. The Balaban J connectivity index is 2.36. The summed E-state index contributed by atoms with van der Waals surface area (Å²) < 4.78 is 13.5. The number of nitrogens with zero attached hydrogens (tertiary/aromatic N) is 2. The average molecular weight is 297 g/mol. The van der Waals surface area contributed by atoms with Gasteiger partial charge in [0.2, 0.25) is 0 Å². The summed E-state index contributed by atoms with van der Waals surface area (Å²) in [5.41, 5.74) is 1.60. The monoisotopic (exact) mass is 296 g/mol. The quantitative estimate of drug-likeness (QED) is 0.846. The van der Waals surface area contributed by atoms with Crippen LogP contribution in [-0.4, -0.2) is 4.98 Å². The largest absolute Gasteiger partial charge is 0.240 e. The first-order valence-electron chi connectivity index (χ1n) is 4.47. The summed E-state index contributed by atoms with van der Waals surface area (Å²) in [5.74, 6) is -0.294. The molecule has 0 atom stereocenters. The summed E-state index contributed by atoms with van der Waals surface area (Å²) in [6.07, 6.45) is 0.304. The second-order valence-electron chi connectivity index (χ2n) is 3.11. The van der Waals surface area contributed by atoms with E-state index >= 15 is 0 Å². The van der Waals surface area contributed by atoms with E-state index in [0.717, 1.165) is 16.3 Å². The molecule has 2 aromatic rings. The molecule has 0 N–H and O–H groups in total. The Labute approximate surface area is 105 Å². The van der Waals surface area contributed by atoms with Crippen molar-refractivity contribution in [3.8, 4) is 16.6 Å². The highest BCUT2D eigenvalue weighted by Gasteiger charge is 2.07. The van der Waals surface area contributed by atoms with E-state index in [4.69, 9.17) is 5.26 Å². The van der Waals surface area contributed by atoms with Crippen LogP contribution >= 0.6 is 27.3 Å². The van der Waals surface area contributed by atoms with Crippen LogP contribution in [0, 0.1) is 17.1 Å². The van der Waals surface area contributed by atoms with Gasteiger partial charge < -0.3 is 0 Å². The smallest absolute Gasteiger partial charge is 0.137 e.